The lowest BCUT2D eigenvalue weighted by molar-refractivity contribution is -0.132. The number of aryl methyl sites for hydroxylation is 2. The molecule has 0 spiro atoms. The summed E-state index contributed by atoms with van der Waals surface area (Å²) in [6, 6.07) is 10.9. The SMILES string of the molecule is O=C(CCn1ccnn1)N1CCCC1CCc1ccccc1. The summed E-state index contributed by atoms with van der Waals surface area (Å²) in [5.74, 6) is 0.242. The van der Waals surface area contributed by atoms with Gasteiger partial charge in [0.2, 0.25) is 5.91 Å². The van der Waals surface area contributed by atoms with Gasteiger partial charge in [0.05, 0.1) is 12.7 Å². The summed E-state index contributed by atoms with van der Waals surface area (Å²) in [6.45, 7) is 1.51. The van der Waals surface area contributed by atoms with Crippen LogP contribution < -0.4 is 0 Å². The van der Waals surface area contributed by atoms with E-state index in [9.17, 15) is 4.79 Å². The van der Waals surface area contributed by atoms with Crippen LogP contribution in [0.5, 0.6) is 0 Å². The molecule has 1 fully saturated rings. The highest BCUT2D eigenvalue weighted by atomic mass is 16.2. The molecule has 5 heteroatoms. The van der Waals surface area contributed by atoms with E-state index in [4.69, 9.17) is 0 Å². The summed E-state index contributed by atoms with van der Waals surface area (Å²) in [5.41, 5.74) is 1.35. The van der Waals surface area contributed by atoms with Crippen molar-refractivity contribution in [3.8, 4) is 0 Å². The average Bonchev–Trinajstić information content (AvgIpc) is 3.23. The molecule has 1 saturated heterocycles. The van der Waals surface area contributed by atoms with Gasteiger partial charge in [0.1, 0.15) is 0 Å². The maximum Gasteiger partial charge on any atom is 0.224 e. The first-order valence-electron chi connectivity index (χ1n) is 8.00. The van der Waals surface area contributed by atoms with Gasteiger partial charge in [-0.2, -0.15) is 0 Å². The number of likely N-dealkylation sites (tertiary alicyclic amines) is 1. The zero-order valence-corrected chi connectivity index (χ0v) is 12.8. The number of amides is 1. The lowest BCUT2D eigenvalue weighted by atomic mass is 10.0. The van der Waals surface area contributed by atoms with Crippen molar-refractivity contribution in [1.29, 1.82) is 0 Å². The molecule has 3 rings (SSSR count). The third-order valence-electron chi connectivity index (χ3n) is 4.33. The summed E-state index contributed by atoms with van der Waals surface area (Å²) in [4.78, 5) is 14.5. The van der Waals surface area contributed by atoms with Crippen LogP contribution in [0, 0.1) is 0 Å². The van der Waals surface area contributed by atoms with Crippen molar-refractivity contribution in [2.45, 2.75) is 44.7 Å². The molecule has 22 heavy (non-hydrogen) atoms. The molecule has 1 aliphatic heterocycles. The molecule has 1 aromatic carbocycles. The second-order valence-electron chi connectivity index (χ2n) is 5.82. The van der Waals surface area contributed by atoms with Crippen molar-refractivity contribution in [2.24, 2.45) is 0 Å². The standard InChI is InChI=1S/C17H22N4O/c22-17(10-13-20-14-11-18-19-20)21-12-4-7-16(21)9-8-15-5-2-1-3-6-15/h1-3,5-6,11,14,16H,4,7-10,12-13H2. The summed E-state index contributed by atoms with van der Waals surface area (Å²) in [6.07, 6.45) is 8.28. The number of carbonyl (C=O) groups excluding carboxylic acids is 1. The molecule has 5 nitrogen and oxygen atoms in total. The summed E-state index contributed by atoms with van der Waals surface area (Å²) in [5, 5.41) is 7.67. The normalized spacial score (nSPS) is 17.8. The summed E-state index contributed by atoms with van der Waals surface area (Å²) in [7, 11) is 0. The van der Waals surface area contributed by atoms with Gasteiger partial charge in [-0.25, -0.2) is 0 Å². The van der Waals surface area contributed by atoms with Crippen LogP contribution in [0.4, 0.5) is 0 Å². The Balaban J connectivity index is 1.50. The third-order valence-corrected chi connectivity index (χ3v) is 4.33. The molecule has 2 heterocycles. The monoisotopic (exact) mass is 298 g/mol. The first-order chi connectivity index (χ1) is 10.8. The van der Waals surface area contributed by atoms with Crippen LogP contribution in [0.3, 0.4) is 0 Å². The number of rotatable bonds is 6. The molecular weight excluding hydrogens is 276 g/mol. The quantitative estimate of drug-likeness (QED) is 0.822. The molecule has 1 amide bonds. The van der Waals surface area contributed by atoms with Crippen molar-refractivity contribution in [2.75, 3.05) is 6.54 Å². The van der Waals surface area contributed by atoms with Crippen LogP contribution in [0.15, 0.2) is 42.7 Å². The Bertz CT molecular complexity index is 582. The van der Waals surface area contributed by atoms with Gasteiger partial charge in [0.25, 0.3) is 0 Å². The van der Waals surface area contributed by atoms with Crippen LogP contribution in [-0.2, 0) is 17.8 Å². The predicted molar refractivity (Wildman–Crippen MR) is 84.1 cm³/mol. The molecule has 0 radical (unpaired) electrons. The zero-order valence-electron chi connectivity index (χ0n) is 12.8. The minimum absolute atomic E-state index is 0.242. The number of carbonyl (C=O) groups is 1. The Hall–Kier alpha value is -2.17. The van der Waals surface area contributed by atoms with E-state index in [0.717, 1.165) is 32.2 Å². The van der Waals surface area contributed by atoms with Gasteiger partial charge in [-0.3, -0.25) is 9.48 Å². The highest BCUT2D eigenvalue weighted by Gasteiger charge is 2.27. The fraction of sp³-hybridized carbons (Fsp3) is 0.471. The summed E-state index contributed by atoms with van der Waals surface area (Å²) < 4.78 is 1.72. The van der Waals surface area contributed by atoms with Crippen LogP contribution in [0.1, 0.15) is 31.2 Å². The zero-order chi connectivity index (χ0) is 15.2. The van der Waals surface area contributed by atoms with E-state index in [1.807, 2.05) is 6.07 Å². The van der Waals surface area contributed by atoms with Crippen molar-refractivity contribution in [3.63, 3.8) is 0 Å². The van der Waals surface area contributed by atoms with Gasteiger partial charge < -0.3 is 4.90 Å². The van der Waals surface area contributed by atoms with Crippen molar-refractivity contribution in [3.05, 3.63) is 48.3 Å². The molecule has 1 atom stereocenters. The van der Waals surface area contributed by atoms with Crippen molar-refractivity contribution in [1.82, 2.24) is 19.9 Å². The minimum atomic E-state index is 0.242. The molecule has 0 bridgehead atoms. The Morgan fingerprint density at radius 3 is 2.91 bits per heavy atom. The highest BCUT2D eigenvalue weighted by Crippen LogP contribution is 2.22. The number of hydrogen-bond acceptors (Lipinski definition) is 3. The molecule has 2 aromatic rings. The van der Waals surface area contributed by atoms with Crippen molar-refractivity contribution >= 4 is 5.91 Å². The molecular formula is C17H22N4O. The smallest absolute Gasteiger partial charge is 0.224 e. The molecule has 1 unspecified atom stereocenters. The number of hydrogen-bond donors (Lipinski definition) is 0. The predicted octanol–water partition coefficient (Wildman–Crippen LogP) is 2.29. The topological polar surface area (TPSA) is 51.0 Å². The Kier molecular flexibility index (Phi) is 4.83. The van der Waals surface area contributed by atoms with E-state index >= 15 is 0 Å². The fourth-order valence-electron chi connectivity index (χ4n) is 3.15. The fourth-order valence-corrected chi connectivity index (χ4v) is 3.15. The van der Waals surface area contributed by atoms with E-state index in [-0.39, 0.29) is 5.91 Å². The molecule has 1 aliphatic rings. The van der Waals surface area contributed by atoms with Crippen molar-refractivity contribution < 1.29 is 4.79 Å². The third kappa shape index (κ3) is 3.72. The number of aromatic nitrogens is 3. The molecule has 1 aromatic heterocycles. The van der Waals surface area contributed by atoms with Gasteiger partial charge in [0.15, 0.2) is 0 Å². The van der Waals surface area contributed by atoms with Crippen LogP contribution in [0.25, 0.3) is 0 Å². The highest BCUT2D eigenvalue weighted by molar-refractivity contribution is 5.76. The Labute approximate surface area is 130 Å². The van der Waals surface area contributed by atoms with Gasteiger partial charge in [-0.1, -0.05) is 35.5 Å². The average molecular weight is 298 g/mol. The van der Waals surface area contributed by atoms with Gasteiger partial charge >= 0.3 is 0 Å². The van der Waals surface area contributed by atoms with E-state index in [0.29, 0.717) is 19.0 Å². The van der Waals surface area contributed by atoms with E-state index in [1.54, 1.807) is 17.1 Å². The summed E-state index contributed by atoms with van der Waals surface area (Å²) >= 11 is 0. The number of nitrogens with zero attached hydrogens (tertiary/aromatic N) is 4. The van der Waals surface area contributed by atoms with E-state index in [1.165, 1.54) is 5.56 Å². The van der Waals surface area contributed by atoms with Crippen LogP contribution in [0.2, 0.25) is 0 Å². The van der Waals surface area contributed by atoms with Gasteiger partial charge in [-0.05, 0) is 31.2 Å². The van der Waals surface area contributed by atoms with Gasteiger partial charge in [-0.15, -0.1) is 5.10 Å². The first kappa shape index (κ1) is 14.8. The maximum atomic E-state index is 12.4. The maximum absolute atomic E-state index is 12.4. The second kappa shape index (κ2) is 7.20. The second-order valence-corrected chi connectivity index (χ2v) is 5.82. The Morgan fingerprint density at radius 1 is 1.27 bits per heavy atom. The van der Waals surface area contributed by atoms with Crippen LogP contribution in [-0.4, -0.2) is 38.4 Å². The van der Waals surface area contributed by atoms with E-state index < -0.39 is 0 Å². The van der Waals surface area contributed by atoms with Gasteiger partial charge in [0, 0.05) is 25.2 Å². The van der Waals surface area contributed by atoms with Crippen LogP contribution >= 0.6 is 0 Å². The van der Waals surface area contributed by atoms with E-state index in [2.05, 4.69) is 39.5 Å². The first-order valence-corrected chi connectivity index (χ1v) is 8.00. The molecule has 0 saturated carbocycles. The molecule has 116 valence electrons. The molecule has 0 aliphatic carbocycles. The minimum Gasteiger partial charge on any atom is -0.340 e. The largest absolute Gasteiger partial charge is 0.340 e. The lowest BCUT2D eigenvalue weighted by Crippen LogP contribution is -2.36. The Morgan fingerprint density at radius 2 is 2.14 bits per heavy atom. The lowest BCUT2D eigenvalue weighted by Gasteiger charge is -2.25. The number of benzene rings is 1. The molecule has 0 N–H and O–H groups in total.